The van der Waals surface area contributed by atoms with Gasteiger partial charge in [0.15, 0.2) is 17.2 Å². The molecule has 0 bridgehead atoms. The molecule has 1 fully saturated rings. The number of carboxylic acid groups (broad SMARTS) is 1. The van der Waals surface area contributed by atoms with E-state index in [1.54, 1.807) is 19.1 Å². The summed E-state index contributed by atoms with van der Waals surface area (Å²) in [4.78, 5) is 39.4. The van der Waals surface area contributed by atoms with Gasteiger partial charge in [-0.1, -0.05) is 35.3 Å². The van der Waals surface area contributed by atoms with Crippen molar-refractivity contribution in [3.63, 3.8) is 0 Å². The second-order valence-corrected chi connectivity index (χ2v) is 11.3. The van der Waals surface area contributed by atoms with Crippen LogP contribution in [0.3, 0.4) is 0 Å². The Morgan fingerprint density at radius 2 is 1.75 bits per heavy atom. The van der Waals surface area contributed by atoms with Crippen LogP contribution in [0.1, 0.15) is 54.5 Å². The molecule has 1 spiro atoms. The molecule has 11 heteroatoms. The van der Waals surface area contributed by atoms with Gasteiger partial charge in [-0.2, -0.15) is 0 Å². The first kappa shape index (κ1) is 27.9. The van der Waals surface area contributed by atoms with Gasteiger partial charge in [0.2, 0.25) is 11.8 Å². The molecule has 3 atom stereocenters. The molecule has 3 N–H and O–H groups in total. The zero-order chi connectivity index (χ0) is 29.1. The van der Waals surface area contributed by atoms with Crippen molar-refractivity contribution in [1.82, 2.24) is 5.32 Å². The van der Waals surface area contributed by atoms with Gasteiger partial charge in [0.1, 0.15) is 11.2 Å². The summed E-state index contributed by atoms with van der Waals surface area (Å²) in [5, 5.41) is 15.8. The van der Waals surface area contributed by atoms with Crippen molar-refractivity contribution in [3.8, 4) is 5.75 Å². The van der Waals surface area contributed by atoms with E-state index < -0.39 is 52.4 Å². The summed E-state index contributed by atoms with van der Waals surface area (Å²) >= 11 is 12.6. The monoisotopic (exact) mass is 588 g/mol. The van der Waals surface area contributed by atoms with Crippen LogP contribution < -0.4 is 15.4 Å². The maximum atomic E-state index is 15.6. The highest BCUT2D eigenvalue weighted by Gasteiger charge is 2.62. The van der Waals surface area contributed by atoms with Crippen LogP contribution >= 0.6 is 23.2 Å². The number of amides is 2. The Morgan fingerprint density at radius 3 is 2.45 bits per heavy atom. The minimum Gasteiger partial charge on any atom is -0.478 e. The molecule has 0 aromatic heterocycles. The van der Waals surface area contributed by atoms with Gasteiger partial charge in [-0.25, -0.2) is 13.6 Å². The number of hydrogen-bond donors (Lipinski definition) is 3. The summed E-state index contributed by atoms with van der Waals surface area (Å²) in [6.45, 7) is 4.26. The summed E-state index contributed by atoms with van der Waals surface area (Å²) in [7, 11) is 0. The molecule has 0 radical (unpaired) electrons. The topological polar surface area (TPSA) is 105 Å². The van der Waals surface area contributed by atoms with Gasteiger partial charge in [-0.15, -0.1) is 0 Å². The normalized spacial score (nSPS) is 22.1. The second-order valence-electron chi connectivity index (χ2n) is 10.5. The summed E-state index contributed by atoms with van der Waals surface area (Å²) < 4.78 is 36.1. The van der Waals surface area contributed by atoms with Crippen molar-refractivity contribution in [2.75, 3.05) is 5.32 Å². The largest absolute Gasteiger partial charge is 0.478 e. The quantitative estimate of drug-likeness (QED) is 0.336. The molecule has 2 aliphatic heterocycles. The molecule has 0 aliphatic carbocycles. The number of fused-ring (bicyclic) bond motifs is 2. The summed E-state index contributed by atoms with van der Waals surface area (Å²) in [5.74, 6) is -5.70. The Kier molecular flexibility index (Phi) is 6.79. The van der Waals surface area contributed by atoms with Crippen LogP contribution in [0.15, 0.2) is 48.5 Å². The number of ether oxygens (including phenoxy) is 1. The predicted octanol–water partition coefficient (Wildman–Crippen LogP) is 6.06. The highest BCUT2D eigenvalue weighted by Crippen LogP contribution is 2.59. The SMILES string of the molecule is Cc1ccc(F)c(F)c1C1NC(=O)CC(c2cc(Cl)ccc2OC(C)(C)C(=O)O)C12C(=O)Nc1cc(Cl)ccc12. The van der Waals surface area contributed by atoms with Crippen LogP contribution in [0.25, 0.3) is 0 Å². The number of carbonyl (C=O) groups is 3. The third-order valence-corrected chi connectivity index (χ3v) is 8.09. The van der Waals surface area contributed by atoms with E-state index in [9.17, 15) is 23.9 Å². The minimum absolute atomic E-state index is 0.0706. The Morgan fingerprint density at radius 1 is 1.07 bits per heavy atom. The van der Waals surface area contributed by atoms with Crippen LogP contribution in [0.5, 0.6) is 5.75 Å². The summed E-state index contributed by atoms with van der Waals surface area (Å²) in [6.07, 6.45) is -0.272. The van der Waals surface area contributed by atoms with Gasteiger partial charge >= 0.3 is 5.97 Å². The number of carbonyl (C=O) groups excluding carboxylic acids is 2. The Hall–Kier alpha value is -3.69. The molecule has 208 valence electrons. The van der Waals surface area contributed by atoms with Crippen molar-refractivity contribution in [3.05, 3.63) is 92.5 Å². The molecule has 7 nitrogen and oxygen atoms in total. The van der Waals surface area contributed by atoms with Gasteiger partial charge < -0.3 is 20.5 Å². The van der Waals surface area contributed by atoms with Crippen molar-refractivity contribution in [1.29, 1.82) is 0 Å². The highest BCUT2D eigenvalue weighted by molar-refractivity contribution is 6.31. The number of aryl methyl sites for hydroxylation is 1. The molecule has 5 rings (SSSR count). The Labute approximate surface area is 238 Å². The smallest absolute Gasteiger partial charge is 0.347 e. The first-order valence-electron chi connectivity index (χ1n) is 12.3. The standard InChI is InChI=1S/C29H24Cl2F2N2O5/c1-13-4-8-19(32)24(33)23(13)25-29(17-7-5-15(31)11-20(17)34-26(29)37)18(12-22(36)35-25)16-10-14(30)6-9-21(16)40-28(2,3)27(38)39/h4-11,18,25H,12H2,1-3H3,(H,34,37)(H,35,36)(H,38,39). The number of benzene rings is 3. The minimum atomic E-state index is -1.73. The molecule has 0 saturated carbocycles. The van der Waals surface area contributed by atoms with Gasteiger partial charge in [0.25, 0.3) is 0 Å². The lowest BCUT2D eigenvalue weighted by molar-refractivity contribution is -0.152. The van der Waals surface area contributed by atoms with E-state index in [1.807, 2.05) is 0 Å². The number of piperidine rings is 1. The number of anilines is 1. The predicted molar refractivity (Wildman–Crippen MR) is 145 cm³/mol. The van der Waals surface area contributed by atoms with Gasteiger partial charge in [0, 0.05) is 39.2 Å². The Balaban J connectivity index is 1.85. The Bertz CT molecular complexity index is 1590. The van der Waals surface area contributed by atoms with E-state index in [0.717, 1.165) is 6.07 Å². The van der Waals surface area contributed by atoms with E-state index in [2.05, 4.69) is 10.6 Å². The lowest BCUT2D eigenvalue weighted by Crippen LogP contribution is -2.57. The molecule has 3 aromatic carbocycles. The van der Waals surface area contributed by atoms with Crippen molar-refractivity contribution in [2.24, 2.45) is 0 Å². The molecule has 3 aromatic rings. The molecule has 40 heavy (non-hydrogen) atoms. The molecule has 2 heterocycles. The maximum absolute atomic E-state index is 15.6. The highest BCUT2D eigenvalue weighted by atomic mass is 35.5. The van der Waals surface area contributed by atoms with Crippen molar-refractivity contribution >= 4 is 46.7 Å². The fourth-order valence-electron chi connectivity index (χ4n) is 5.72. The lowest BCUT2D eigenvalue weighted by Gasteiger charge is -2.47. The fourth-order valence-corrected chi connectivity index (χ4v) is 6.07. The zero-order valence-electron chi connectivity index (χ0n) is 21.6. The van der Waals surface area contributed by atoms with Crippen molar-refractivity contribution < 1.29 is 33.0 Å². The molecular formula is C29H24Cl2F2N2O5. The van der Waals surface area contributed by atoms with Crippen LogP contribution in [-0.2, 0) is 19.8 Å². The van der Waals surface area contributed by atoms with Crippen LogP contribution in [0.4, 0.5) is 14.5 Å². The summed E-state index contributed by atoms with van der Waals surface area (Å²) in [5.41, 5.74) is -2.31. The molecular weight excluding hydrogens is 565 g/mol. The third kappa shape index (κ3) is 4.28. The van der Waals surface area contributed by atoms with Crippen LogP contribution in [0, 0.1) is 18.6 Å². The molecule has 2 aliphatic rings. The average molecular weight is 589 g/mol. The number of carboxylic acids is 1. The average Bonchev–Trinajstić information content (AvgIpc) is 3.15. The van der Waals surface area contributed by atoms with Crippen LogP contribution in [-0.4, -0.2) is 28.5 Å². The number of halogens is 4. The number of hydrogen-bond acceptors (Lipinski definition) is 4. The number of aliphatic carboxylic acids is 1. The van der Waals surface area contributed by atoms with Gasteiger partial charge in [0.05, 0.1) is 6.04 Å². The molecule has 2 amide bonds. The maximum Gasteiger partial charge on any atom is 0.347 e. The lowest BCUT2D eigenvalue weighted by atomic mass is 9.58. The van der Waals surface area contributed by atoms with E-state index in [-0.39, 0.29) is 28.3 Å². The van der Waals surface area contributed by atoms with E-state index in [0.29, 0.717) is 21.8 Å². The van der Waals surface area contributed by atoms with E-state index >= 15 is 4.39 Å². The third-order valence-electron chi connectivity index (χ3n) is 7.62. The first-order valence-corrected chi connectivity index (χ1v) is 13.1. The summed E-state index contributed by atoms with van der Waals surface area (Å²) in [6, 6.07) is 10.1. The fraction of sp³-hybridized carbons (Fsp3) is 0.276. The molecule has 1 saturated heterocycles. The van der Waals surface area contributed by atoms with E-state index in [1.165, 1.54) is 44.2 Å². The van der Waals surface area contributed by atoms with Crippen LogP contribution in [0.2, 0.25) is 10.0 Å². The van der Waals surface area contributed by atoms with Gasteiger partial charge in [-0.05, 0) is 68.3 Å². The first-order chi connectivity index (χ1) is 18.8. The number of nitrogens with one attached hydrogen (secondary N) is 2. The second kappa shape index (κ2) is 9.74. The molecule has 3 unspecified atom stereocenters. The number of rotatable bonds is 5. The zero-order valence-corrected chi connectivity index (χ0v) is 23.1. The van der Waals surface area contributed by atoms with E-state index in [4.69, 9.17) is 27.9 Å². The van der Waals surface area contributed by atoms with Crippen molar-refractivity contribution in [2.45, 2.75) is 50.2 Å². The van der Waals surface area contributed by atoms with Gasteiger partial charge in [-0.3, -0.25) is 9.59 Å².